The number of carbonyl (C=O) groups is 1. The van der Waals surface area contributed by atoms with Gasteiger partial charge < -0.3 is 15.2 Å². The summed E-state index contributed by atoms with van der Waals surface area (Å²) in [7, 11) is 1.41. The summed E-state index contributed by atoms with van der Waals surface area (Å²) in [5.41, 5.74) is 2.22. The van der Waals surface area contributed by atoms with Gasteiger partial charge >= 0.3 is 0 Å². The van der Waals surface area contributed by atoms with Crippen LogP contribution in [-0.2, 0) is 16.0 Å². The number of rotatable bonds is 5. The number of ether oxygens (including phenoxy) is 1. The van der Waals surface area contributed by atoms with Gasteiger partial charge in [0.15, 0.2) is 6.29 Å². The zero-order valence-electron chi connectivity index (χ0n) is 10.4. The van der Waals surface area contributed by atoms with E-state index in [2.05, 4.69) is 5.32 Å². The summed E-state index contributed by atoms with van der Waals surface area (Å²) in [6.45, 7) is 3.43. The number of carbonyl (C=O) groups excluding carboxylic acids is 1. The Labute approximate surface area is 102 Å². The quantitative estimate of drug-likeness (QED) is 0.751. The van der Waals surface area contributed by atoms with Gasteiger partial charge in [-0.25, -0.2) is 0 Å². The van der Waals surface area contributed by atoms with E-state index in [-0.39, 0.29) is 5.91 Å². The van der Waals surface area contributed by atoms with E-state index in [0.29, 0.717) is 6.42 Å². The van der Waals surface area contributed by atoms with Crippen LogP contribution in [0.3, 0.4) is 0 Å². The first kappa shape index (κ1) is 13.7. The lowest BCUT2D eigenvalue weighted by Gasteiger charge is -2.22. The van der Waals surface area contributed by atoms with Gasteiger partial charge in [-0.15, -0.1) is 0 Å². The van der Waals surface area contributed by atoms with Crippen molar-refractivity contribution in [2.24, 2.45) is 0 Å². The molecule has 0 aromatic heterocycles. The van der Waals surface area contributed by atoms with Crippen LogP contribution < -0.4 is 5.32 Å². The molecule has 1 amide bonds. The maximum absolute atomic E-state index is 11.0. The molecule has 0 aliphatic rings. The standard InChI is InChI=1S/C13H19NO3/c1-9-4-6-11(7-5-9)8-12(13(16)17-3)14-10(2)15/h4-7,12-13,16H,8H2,1-3H3,(H,14,15)/t12-,13?/m0/s1. The molecular formula is C13H19NO3. The molecule has 17 heavy (non-hydrogen) atoms. The predicted molar refractivity (Wildman–Crippen MR) is 65.5 cm³/mol. The first-order valence-electron chi connectivity index (χ1n) is 5.56. The molecule has 0 aliphatic heterocycles. The summed E-state index contributed by atoms with van der Waals surface area (Å²) >= 11 is 0. The largest absolute Gasteiger partial charge is 0.366 e. The van der Waals surface area contributed by atoms with Crippen molar-refractivity contribution in [3.63, 3.8) is 0 Å². The van der Waals surface area contributed by atoms with Crippen LogP contribution in [0.25, 0.3) is 0 Å². The summed E-state index contributed by atoms with van der Waals surface area (Å²) < 4.78 is 4.85. The van der Waals surface area contributed by atoms with E-state index < -0.39 is 12.3 Å². The van der Waals surface area contributed by atoms with E-state index in [0.717, 1.165) is 5.56 Å². The number of aryl methyl sites for hydroxylation is 1. The average molecular weight is 237 g/mol. The second kappa shape index (κ2) is 6.37. The van der Waals surface area contributed by atoms with Gasteiger partial charge in [-0.3, -0.25) is 4.79 Å². The third-order valence-corrected chi connectivity index (χ3v) is 2.55. The van der Waals surface area contributed by atoms with Gasteiger partial charge in [-0.1, -0.05) is 29.8 Å². The van der Waals surface area contributed by atoms with E-state index >= 15 is 0 Å². The van der Waals surface area contributed by atoms with Gasteiger partial charge in [0, 0.05) is 14.0 Å². The van der Waals surface area contributed by atoms with Gasteiger partial charge in [0.25, 0.3) is 0 Å². The Morgan fingerprint density at radius 2 is 2.00 bits per heavy atom. The van der Waals surface area contributed by atoms with Gasteiger partial charge in [0.1, 0.15) is 0 Å². The zero-order valence-corrected chi connectivity index (χ0v) is 10.4. The lowest BCUT2D eigenvalue weighted by molar-refractivity contribution is -0.128. The molecule has 0 radical (unpaired) electrons. The minimum absolute atomic E-state index is 0.182. The number of hydrogen-bond acceptors (Lipinski definition) is 3. The number of aliphatic hydroxyl groups is 1. The molecule has 1 unspecified atom stereocenters. The molecule has 2 atom stereocenters. The Kier molecular flexibility index (Phi) is 5.12. The Morgan fingerprint density at radius 1 is 1.41 bits per heavy atom. The fourth-order valence-corrected chi connectivity index (χ4v) is 1.63. The Hall–Kier alpha value is -1.39. The van der Waals surface area contributed by atoms with Gasteiger partial charge in [0.05, 0.1) is 6.04 Å². The molecular weight excluding hydrogens is 218 g/mol. The van der Waals surface area contributed by atoms with Crippen LogP contribution in [0.4, 0.5) is 0 Å². The van der Waals surface area contributed by atoms with Crippen LogP contribution in [0.1, 0.15) is 18.1 Å². The van der Waals surface area contributed by atoms with Crippen LogP contribution in [0.15, 0.2) is 24.3 Å². The smallest absolute Gasteiger partial charge is 0.217 e. The SMILES string of the molecule is COC(O)[C@H](Cc1ccc(C)cc1)NC(C)=O. The number of benzene rings is 1. The fraction of sp³-hybridized carbons (Fsp3) is 0.462. The molecule has 0 bridgehead atoms. The molecule has 0 spiro atoms. The topological polar surface area (TPSA) is 58.6 Å². The average Bonchev–Trinajstić information content (AvgIpc) is 2.29. The number of hydrogen-bond donors (Lipinski definition) is 2. The monoisotopic (exact) mass is 237 g/mol. The van der Waals surface area contributed by atoms with Crippen molar-refractivity contribution in [2.75, 3.05) is 7.11 Å². The first-order chi connectivity index (χ1) is 8.02. The Balaban J connectivity index is 2.71. The molecule has 94 valence electrons. The minimum atomic E-state index is -1.000. The van der Waals surface area contributed by atoms with Crippen molar-refractivity contribution >= 4 is 5.91 Å². The number of amides is 1. The van der Waals surface area contributed by atoms with Crippen LogP contribution in [0.5, 0.6) is 0 Å². The van der Waals surface area contributed by atoms with E-state index in [9.17, 15) is 9.90 Å². The molecule has 0 heterocycles. The molecule has 0 fully saturated rings. The van der Waals surface area contributed by atoms with Crippen molar-refractivity contribution < 1.29 is 14.6 Å². The summed E-state index contributed by atoms with van der Waals surface area (Å²) in [4.78, 5) is 11.0. The summed E-state index contributed by atoms with van der Waals surface area (Å²) in [6.07, 6.45) is -0.463. The molecule has 4 heteroatoms. The molecule has 2 N–H and O–H groups in total. The van der Waals surface area contributed by atoms with Crippen molar-refractivity contribution in [2.45, 2.75) is 32.6 Å². The normalized spacial score (nSPS) is 14.1. The minimum Gasteiger partial charge on any atom is -0.366 e. The molecule has 0 saturated carbocycles. The number of methoxy groups -OCH3 is 1. The lowest BCUT2D eigenvalue weighted by Crippen LogP contribution is -2.44. The molecule has 0 aliphatic carbocycles. The number of nitrogens with one attached hydrogen (secondary N) is 1. The summed E-state index contributed by atoms with van der Waals surface area (Å²) in [6, 6.07) is 7.53. The third kappa shape index (κ3) is 4.54. The second-order valence-corrected chi connectivity index (χ2v) is 4.12. The van der Waals surface area contributed by atoms with Crippen LogP contribution >= 0.6 is 0 Å². The first-order valence-corrected chi connectivity index (χ1v) is 5.56. The molecule has 4 nitrogen and oxygen atoms in total. The van der Waals surface area contributed by atoms with E-state index in [1.54, 1.807) is 0 Å². The molecule has 1 aromatic rings. The lowest BCUT2D eigenvalue weighted by atomic mass is 10.0. The van der Waals surface area contributed by atoms with E-state index in [1.807, 2.05) is 31.2 Å². The highest BCUT2D eigenvalue weighted by Gasteiger charge is 2.19. The van der Waals surface area contributed by atoms with Crippen LogP contribution in [0.2, 0.25) is 0 Å². The maximum Gasteiger partial charge on any atom is 0.217 e. The Bertz CT molecular complexity index is 361. The molecule has 1 rings (SSSR count). The van der Waals surface area contributed by atoms with Gasteiger partial charge in [-0.05, 0) is 18.9 Å². The van der Waals surface area contributed by atoms with Crippen LogP contribution in [-0.4, -0.2) is 30.5 Å². The molecule has 0 saturated heterocycles. The van der Waals surface area contributed by atoms with Crippen molar-refractivity contribution in [1.82, 2.24) is 5.32 Å². The Morgan fingerprint density at radius 3 is 2.47 bits per heavy atom. The highest BCUT2D eigenvalue weighted by Crippen LogP contribution is 2.08. The second-order valence-electron chi connectivity index (χ2n) is 4.12. The van der Waals surface area contributed by atoms with Gasteiger partial charge in [-0.2, -0.15) is 0 Å². The van der Waals surface area contributed by atoms with E-state index in [1.165, 1.54) is 19.6 Å². The summed E-state index contributed by atoms with van der Waals surface area (Å²) in [5.74, 6) is -0.182. The highest BCUT2D eigenvalue weighted by molar-refractivity contribution is 5.73. The zero-order chi connectivity index (χ0) is 12.8. The molecule has 1 aromatic carbocycles. The number of aliphatic hydroxyl groups excluding tert-OH is 1. The summed E-state index contributed by atoms with van der Waals surface area (Å²) in [5, 5.41) is 12.3. The van der Waals surface area contributed by atoms with Crippen molar-refractivity contribution in [1.29, 1.82) is 0 Å². The fourth-order valence-electron chi connectivity index (χ4n) is 1.63. The predicted octanol–water partition coefficient (Wildman–Crippen LogP) is 1.01. The van der Waals surface area contributed by atoms with Crippen molar-refractivity contribution in [3.8, 4) is 0 Å². The van der Waals surface area contributed by atoms with E-state index in [4.69, 9.17) is 4.74 Å². The third-order valence-electron chi connectivity index (χ3n) is 2.55. The maximum atomic E-state index is 11.0. The highest BCUT2D eigenvalue weighted by atomic mass is 16.6. The van der Waals surface area contributed by atoms with Crippen molar-refractivity contribution in [3.05, 3.63) is 35.4 Å². The van der Waals surface area contributed by atoms with Gasteiger partial charge in [0.2, 0.25) is 5.91 Å². The van der Waals surface area contributed by atoms with Crippen LogP contribution in [0, 0.1) is 6.92 Å².